The fraction of sp³-hybridized carbons (Fsp3) is 0.400. The molecular formula is C20H28N2O. The van der Waals surface area contributed by atoms with Gasteiger partial charge in [0.1, 0.15) is 0 Å². The molecule has 1 aromatic rings. The number of urea groups is 1. The Labute approximate surface area is 140 Å². The standard InChI is InChI=1S/C20H28N2O/c1-3-5-6-7-9-13-18(12-4-2)16-21-20(23)22-17-19-14-10-8-11-15-19/h7-11,13-15,17H,3-6,12,16H2,1-2H3,(H,21,23)/b9-7?,18-13?,22-17+. The van der Waals surface area contributed by atoms with Crippen molar-refractivity contribution < 1.29 is 4.79 Å². The zero-order chi connectivity index (χ0) is 16.8. The maximum absolute atomic E-state index is 11.8. The largest absolute Gasteiger partial charge is 0.341 e. The summed E-state index contributed by atoms with van der Waals surface area (Å²) in [6.45, 7) is 4.89. The number of amides is 2. The number of benzene rings is 1. The van der Waals surface area contributed by atoms with Crippen LogP contribution in [0.5, 0.6) is 0 Å². The molecule has 0 heterocycles. The van der Waals surface area contributed by atoms with E-state index < -0.39 is 0 Å². The summed E-state index contributed by atoms with van der Waals surface area (Å²) in [5, 5.41) is 2.85. The zero-order valence-electron chi connectivity index (χ0n) is 14.3. The molecule has 0 aliphatic heterocycles. The van der Waals surface area contributed by atoms with Gasteiger partial charge in [-0.2, -0.15) is 0 Å². The second-order valence-electron chi connectivity index (χ2n) is 5.47. The van der Waals surface area contributed by atoms with Crippen LogP contribution in [0, 0.1) is 0 Å². The number of rotatable bonds is 9. The Bertz CT molecular complexity index is 530. The molecule has 1 aromatic carbocycles. The molecule has 0 aliphatic carbocycles. The van der Waals surface area contributed by atoms with Gasteiger partial charge in [-0.3, -0.25) is 0 Å². The van der Waals surface area contributed by atoms with Crippen molar-refractivity contribution in [2.24, 2.45) is 4.99 Å². The Balaban J connectivity index is 2.44. The SMILES string of the molecule is CCCCC=CC=C(CCC)CNC(=O)/N=C/c1ccccc1. The van der Waals surface area contributed by atoms with E-state index in [1.165, 1.54) is 18.4 Å². The van der Waals surface area contributed by atoms with Crippen molar-refractivity contribution in [2.75, 3.05) is 6.54 Å². The predicted molar refractivity (Wildman–Crippen MR) is 99.1 cm³/mol. The van der Waals surface area contributed by atoms with Crippen molar-refractivity contribution in [1.29, 1.82) is 0 Å². The summed E-state index contributed by atoms with van der Waals surface area (Å²) in [6.07, 6.45) is 13.6. The third kappa shape index (κ3) is 9.46. The summed E-state index contributed by atoms with van der Waals surface area (Å²) in [7, 11) is 0. The molecule has 0 fully saturated rings. The molecule has 1 rings (SSSR count). The Hall–Kier alpha value is -2.16. The van der Waals surface area contributed by atoms with Gasteiger partial charge in [-0.25, -0.2) is 9.79 Å². The van der Waals surface area contributed by atoms with E-state index in [0.717, 1.165) is 24.8 Å². The Morgan fingerprint density at radius 2 is 1.96 bits per heavy atom. The molecule has 0 spiro atoms. The van der Waals surface area contributed by atoms with Crippen LogP contribution in [-0.4, -0.2) is 18.8 Å². The highest BCUT2D eigenvalue weighted by Gasteiger charge is 1.99. The average Bonchev–Trinajstić information content (AvgIpc) is 2.58. The molecule has 0 atom stereocenters. The topological polar surface area (TPSA) is 41.5 Å². The van der Waals surface area contributed by atoms with Crippen LogP contribution in [0.25, 0.3) is 0 Å². The van der Waals surface area contributed by atoms with Crippen molar-refractivity contribution in [3.63, 3.8) is 0 Å². The van der Waals surface area contributed by atoms with Crippen LogP contribution in [0.1, 0.15) is 51.5 Å². The minimum absolute atomic E-state index is 0.300. The van der Waals surface area contributed by atoms with Gasteiger partial charge >= 0.3 is 6.03 Å². The fourth-order valence-corrected chi connectivity index (χ4v) is 2.08. The predicted octanol–water partition coefficient (Wildman–Crippen LogP) is 5.29. The normalized spacial score (nSPS) is 12.2. The Kier molecular flexibility index (Phi) is 10.2. The fourth-order valence-electron chi connectivity index (χ4n) is 2.08. The summed E-state index contributed by atoms with van der Waals surface area (Å²) in [4.78, 5) is 15.7. The van der Waals surface area contributed by atoms with Gasteiger partial charge in [-0.15, -0.1) is 0 Å². The van der Waals surface area contributed by atoms with Crippen LogP contribution in [0.4, 0.5) is 4.79 Å². The van der Waals surface area contributed by atoms with E-state index in [1.54, 1.807) is 6.21 Å². The summed E-state index contributed by atoms with van der Waals surface area (Å²) in [5.74, 6) is 0. The second kappa shape index (κ2) is 12.4. The monoisotopic (exact) mass is 312 g/mol. The molecule has 124 valence electrons. The highest BCUT2D eigenvalue weighted by molar-refractivity contribution is 5.91. The maximum Gasteiger partial charge on any atom is 0.341 e. The highest BCUT2D eigenvalue weighted by atomic mass is 16.2. The van der Waals surface area contributed by atoms with Crippen molar-refractivity contribution >= 4 is 12.2 Å². The maximum atomic E-state index is 11.8. The van der Waals surface area contributed by atoms with E-state index in [4.69, 9.17) is 0 Å². The van der Waals surface area contributed by atoms with Gasteiger partial charge in [0.25, 0.3) is 0 Å². The molecule has 0 aliphatic rings. The van der Waals surface area contributed by atoms with E-state index in [0.29, 0.717) is 6.54 Å². The Morgan fingerprint density at radius 3 is 2.65 bits per heavy atom. The van der Waals surface area contributed by atoms with Crippen LogP contribution < -0.4 is 5.32 Å². The molecule has 0 bridgehead atoms. The number of allylic oxidation sites excluding steroid dienone is 3. The molecule has 0 radical (unpaired) electrons. The van der Waals surface area contributed by atoms with Crippen LogP contribution >= 0.6 is 0 Å². The van der Waals surface area contributed by atoms with E-state index in [1.807, 2.05) is 30.3 Å². The van der Waals surface area contributed by atoms with Crippen molar-refractivity contribution in [1.82, 2.24) is 5.32 Å². The summed E-state index contributed by atoms with van der Waals surface area (Å²) in [6, 6.07) is 9.32. The highest BCUT2D eigenvalue weighted by Crippen LogP contribution is 2.05. The lowest BCUT2D eigenvalue weighted by molar-refractivity contribution is 0.250. The van der Waals surface area contributed by atoms with Crippen molar-refractivity contribution in [3.8, 4) is 0 Å². The molecule has 0 saturated carbocycles. The first-order chi connectivity index (χ1) is 11.3. The van der Waals surface area contributed by atoms with E-state index >= 15 is 0 Å². The molecule has 3 heteroatoms. The number of aliphatic imine (C=N–C) groups is 1. The molecule has 2 amide bonds. The second-order valence-corrected chi connectivity index (χ2v) is 5.47. The van der Waals surface area contributed by atoms with Crippen LogP contribution in [0.15, 0.2) is 59.1 Å². The third-order valence-corrected chi connectivity index (χ3v) is 3.36. The summed E-state index contributed by atoms with van der Waals surface area (Å²) >= 11 is 0. The van der Waals surface area contributed by atoms with E-state index in [9.17, 15) is 4.79 Å². The third-order valence-electron chi connectivity index (χ3n) is 3.36. The number of hydrogen-bond donors (Lipinski definition) is 1. The first kappa shape index (κ1) is 18.9. The molecule has 3 nitrogen and oxygen atoms in total. The first-order valence-corrected chi connectivity index (χ1v) is 8.47. The number of nitrogens with one attached hydrogen (secondary N) is 1. The Morgan fingerprint density at radius 1 is 1.17 bits per heavy atom. The summed E-state index contributed by atoms with van der Waals surface area (Å²) < 4.78 is 0. The quantitative estimate of drug-likeness (QED) is 0.376. The lowest BCUT2D eigenvalue weighted by atomic mass is 10.1. The average molecular weight is 312 g/mol. The van der Waals surface area contributed by atoms with Gasteiger partial charge in [0, 0.05) is 12.8 Å². The van der Waals surface area contributed by atoms with Gasteiger partial charge < -0.3 is 5.32 Å². The first-order valence-electron chi connectivity index (χ1n) is 8.47. The van der Waals surface area contributed by atoms with Gasteiger partial charge in [0.05, 0.1) is 0 Å². The number of nitrogens with zero attached hydrogens (tertiary/aromatic N) is 1. The van der Waals surface area contributed by atoms with Crippen molar-refractivity contribution in [3.05, 3.63) is 59.7 Å². The van der Waals surface area contributed by atoms with Gasteiger partial charge in [-0.05, 0) is 18.4 Å². The van der Waals surface area contributed by atoms with E-state index in [-0.39, 0.29) is 6.03 Å². The summed E-state index contributed by atoms with van der Waals surface area (Å²) in [5.41, 5.74) is 2.15. The van der Waals surface area contributed by atoms with Gasteiger partial charge in [0.2, 0.25) is 0 Å². The van der Waals surface area contributed by atoms with Crippen LogP contribution in [-0.2, 0) is 0 Å². The number of hydrogen-bond acceptors (Lipinski definition) is 1. The molecule has 1 N–H and O–H groups in total. The minimum atomic E-state index is -0.300. The van der Waals surface area contributed by atoms with Gasteiger partial charge in [-0.1, -0.05) is 87.2 Å². The number of unbranched alkanes of at least 4 members (excludes halogenated alkanes) is 2. The molecule has 23 heavy (non-hydrogen) atoms. The van der Waals surface area contributed by atoms with Crippen LogP contribution in [0.2, 0.25) is 0 Å². The van der Waals surface area contributed by atoms with Crippen LogP contribution in [0.3, 0.4) is 0 Å². The number of carbonyl (C=O) groups is 1. The minimum Gasteiger partial charge on any atom is -0.332 e. The van der Waals surface area contributed by atoms with Gasteiger partial charge in [0.15, 0.2) is 0 Å². The van der Waals surface area contributed by atoms with Crippen molar-refractivity contribution in [2.45, 2.75) is 46.0 Å². The zero-order valence-corrected chi connectivity index (χ0v) is 14.3. The molecule has 0 saturated heterocycles. The lowest BCUT2D eigenvalue weighted by Gasteiger charge is -2.05. The van der Waals surface area contributed by atoms with E-state index in [2.05, 4.69) is 42.4 Å². The smallest absolute Gasteiger partial charge is 0.332 e. The lowest BCUT2D eigenvalue weighted by Crippen LogP contribution is -2.22. The molecular weight excluding hydrogens is 284 g/mol. The molecule has 0 aromatic heterocycles. The molecule has 0 unspecified atom stereocenters. The number of carbonyl (C=O) groups excluding carboxylic acids is 1.